The average Bonchev–Trinajstić information content (AvgIpc) is 2.98. The molecule has 3 aromatic rings. The molecule has 3 rings (SSSR count). The molecule has 0 atom stereocenters. The van der Waals surface area contributed by atoms with Gasteiger partial charge in [-0.2, -0.15) is 5.10 Å². The number of rotatable bonds is 4. The topological polar surface area (TPSA) is 46.9 Å². The Bertz CT molecular complexity index is 831. The Balaban J connectivity index is 1.71. The van der Waals surface area contributed by atoms with Gasteiger partial charge in [0, 0.05) is 6.20 Å². The van der Waals surface area contributed by atoms with Crippen molar-refractivity contribution in [2.45, 2.75) is 6.54 Å². The lowest BCUT2D eigenvalue weighted by molar-refractivity contribution is 0.102. The molecule has 1 heterocycles. The second-order valence-corrected chi connectivity index (χ2v) is 5.75. The molecular formula is C17H13Cl2N3O. The van der Waals surface area contributed by atoms with Gasteiger partial charge in [0.05, 0.1) is 34.0 Å². The van der Waals surface area contributed by atoms with Crippen LogP contribution in [-0.4, -0.2) is 15.7 Å². The van der Waals surface area contributed by atoms with Gasteiger partial charge in [-0.15, -0.1) is 0 Å². The summed E-state index contributed by atoms with van der Waals surface area (Å²) < 4.78 is 1.75. The summed E-state index contributed by atoms with van der Waals surface area (Å²) in [6.45, 7) is 0.634. The number of anilines is 1. The fraction of sp³-hybridized carbons (Fsp3) is 0.0588. The minimum Gasteiger partial charge on any atom is -0.319 e. The number of hydrogen-bond acceptors (Lipinski definition) is 2. The zero-order valence-electron chi connectivity index (χ0n) is 12.0. The highest BCUT2D eigenvalue weighted by Gasteiger charge is 2.13. The number of hydrogen-bond donors (Lipinski definition) is 1. The maximum Gasteiger partial charge on any atom is 0.257 e. The summed E-state index contributed by atoms with van der Waals surface area (Å²) in [5.74, 6) is -0.322. The van der Waals surface area contributed by atoms with Crippen molar-refractivity contribution < 1.29 is 4.79 Å². The lowest BCUT2D eigenvalue weighted by atomic mass is 10.2. The van der Waals surface area contributed by atoms with E-state index in [1.165, 1.54) is 0 Å². The van der Waals surface area contributed by atoms with E-state index in [9.17, 15) is 4.79 Å². The van der Waals surface area contributed by atoms with Gasteiger partial charge in [-0.05, 0) is 17.7 Å². The number of benzene rings is 2. The van der Waals surface area contributed by atoms with E-state index in [-0.39, 0.29) is 10.9 Å². The highest BCUT2D eigenvalue weighted by Crippen LogP contribution is 2.26. The van der Waals surface area contributed by atoms with Gasteiger partial charge in [-0.3, -0.25) is 9.48 Å². The molecule has 0 fully saturated rings. The summed E-state index contributed by atoms with van der Waals surface area (Å²) in [6.07, 6.45) is 3.36. The van der Waals surface area contributed by atoms with Crippen LogP contribution >= 0.6 is 23.2 Å². The molecule has 0 bridgehead atoms. The third kappa shape index (κ3) is 3.73. The lowest BCUT2D eigenvalue weighted by Gasteiger charge is -2.05. The largest absolute Gasteiger partial charge is 0.319 e. The van der Waals surface area contributed by atoms with Crippen LogP contribution in [0.15, 0.2) is 60.9 Å². The molecule has 0 spiro atoms. The fourth-order valence-corrected chi connectivity index (χ4v) is 2.55. The van der Waals surface area contributed by atoms with Crippen molar-refractivity contribution in [1.29, 1.82) is 0 Å². The third-order valence-electron chi connectivity index (χ3n) is 3.27. The molecule has 4 nitrogen and oxygen atoms in total. The minimum absolute atomic E-state index is 0.239. The van der Waals surface area contributed by atoms with E-state index in [0.29, 0.717) is 22.8 Å². The summed E-state index contributed by atoms with van der Waals surface area (Å²) in [7, 11) is 0. The maximum atomic E-state index is 12.3. The normalized spacial score (nSPS) is 10.5. The molecule has 1 aromatic heterocycles. The van der Waals surface area contributed by atoms with E-state index < -0.39 is 0 Å². The van der Waals surface area contributed by atoms with E-state index in [1.807, 2.05) is 30.3 Å². The van der Waals surface area contributed by atoms with Crippen molar-refractivity contribution in [3.8, 4) is 0 Å². The molecule has 0 saturated carbocycles. The second kappa shape index (κ2) is 6.86. The summed E-state index contributed by atoms with van der Waals surface area (Å²) in [5, 5.41) is 7.59. The van der Waals surface area contributed by atoms with E-state index in [1.54, 1.807) is 35.3 Å². The summed E-state index contributed by atoms with van der Waals surface area (Å²) in [5.41, 5.74) is 2.06. The summed E-state index contributed by atoms with van der Waals surface area (Å²) in [4.78, 5) is 12.3. The number of nitrogens with one attached hydrogen (secondary N) is 1. The van der Waals surface area contributed by atoms with Gasteiger partial charge in [0.2, 0.25) is 0 Å². The van der Waals surface area contributed by atoms with Crippen LogP contribution in [0.3, 0.4) is 0 Å². The Morgan fingerprint density at radius 1 is 1.09 bits per heavy atom. The Labute approximate surface area is 143 Å². The Hall–Kier alpha value is -2.30. The zero-order chi connectivity index (χ0) is 16.2. The van der Waals surface area contributed by atoms with Gasteiger partial charge in [0.25, 0.3) is 5.91 Å². The highest BCUT2D eigenvalue weighted by molar-refractivity contribution is 6.44. The number of carbonyl (C=O) groups excluding carboxylic acids is 1. The first-order valence-corrected chi connectivity index (χ1v) is 7.71. The highest BCUT2D eigenvalue weighted by atomic mass is 35.5. The van der Waals surface area contributed by atoms with E-state index in [4.69, 9.17) is 23.2 Å². The third-order valence-corrected chi connectivity index (χ3v) is 4.09. The second-order valence-electron chi connectivity index (χ2n) is 4.97. The molecule has 116 valence electrons. The quantitative estimate of drug-likeness (QED) is 0.757. The predicted molar refractivity (Wildman–Crippen MR) is 92.2 cm³/mol. The first kappa shape index (κ1) is 15.6. The number of carbonyl (C=O) groups is 1. The van der Waals surface area contributed by atoms with Gasteiger partial charge < -0.3 is 5.32 Å². The molecule has 2 aromatic carbocycles. The molecule has 0 aliphatic rings. The Morgan fingerprint density at radius 2 is 1.87 bits per heavy atom. The lowest BCUT2D eigenvalue weighted by Crippen LogP contribution is -2.12. The Kier molecular flexibility index (Phi) is 4.65. The van der Waals surface area contributed by atoms with E-state index >= 15 is 0 Å². The molecule has 23 heavy (non-hydrogen) atoms. The molecule has 6 heteroatoms. The monoisotopic (exact) mass is 345 g/mol. The summed E-state index contributed by atoms with van der Waals surface area (Å²) >= 11 is 12.0. The van der Waals surface area contributed by atoms with Gasteiger partial charge in [0.15, 0.2) is 0 Å². The van der Waals surface area contributed by atoms with Crippen molar-refractivity contribution in [1.82, 2.24) is 9.78 Å². The van der Waals surface area contributed by atoms with Crippen LogP contribution in [0.2, 0.25) is 10.0 Å². The van der Waals surface area contributed by atoms with Crippen molar-refractivity contribution in [2.75, 3.05) is 5.32 Å². The van der Waals surface area contributed by atoms with Gasteiger partial charge in [0.1, 0.15) is 0 Å². The fourth-order valence-electron chi connectivity index (χ4n) is 2.16. The Morgan fingerprint density at radius 3 is 2.65 bits per heavy atom. The molecular weight excluding hydrogens is 333 g/mol. The standard InChI is InChI=1S/C17H13Cl2N3O/c18-15-8-4-7-14(16(15)19)17(23)21-13-9-20-22(11-13)10-12-5-2-1-3-6-12/h1-9,11H,10H2,(H,21,23). The molecule has 0 saturated heterocycles. The van der Waals surface area contributed by atoms with Gasteiger partial charge >= 0.3 is 0 Å². The van der Waals surface area contributed by atoms with Crippen LogP contribution in [0.4, 0.5) is 5.69 Å². The van der Waals surface area contributed by atoms with Crippen LogP contribution in [0.1, 0.15) is 15.9 Å². The molecule has 0 unspecified atom stereocenters. The van der Waals surface area contributed by atoms with Crippen molar-refractivity contribution in [3.05, 3.63) is 82.1 Å². The van der Waals surface area contributed by atoms with Gasteiger partial charge in [-0.25, -0.2) is 0 Å². The van der Waals surface area contributed by atoms with Crippen molar-refractivity contribution in [3.63, 3.8) is 0 Å². The molecule has 0 radical (unpaired) electrons. The van der Waals surface area contributed by atoms with E-state index in [2.05, 4.69) is 10.4 Å². The van der Waals surface area contributed by atoms with Crippen molar-refractivity contribution >= 4 is 34.8 Å². The predicted octanol–water partition coefficient (Wildman–Crippen LogP) is 4.49. The smallest absolute Gasteiger partial charge is 0.257 e. The maximum absolute atomic E-state index is 12.3. The van der Waals surface area contributed by atoms with Crippen molar-refractivity contribution in [2.24, 2.45) is 0 Å². The number of amides is 1. The van der Waals surface area contributed by atoms with Crippen LogP contribution in [0, 0.1) is 0 Å². The number of nitrogens with zero attached hydrogens (tertiary/aromatic N) is 2. The van der Waals surface area contributed by atoms with Crippen LogP contribution in [-0.2, 0) is 6.54 Å². The number of aromatic nitrogens is 2. The first-order chi connectivity index (χ1) is 11.1. The molecule has 1 N–H and O–H groups in total. The average molecular weight is 346 g/mol. The SMILES string of the molecule is O=C(Nc1cnn(Cc2ccccc2)c1)c1cccc(Cl)c1Cl. The molecule has 0 aliphatic carbocycles. The van der Waals surface area contributed by atoms with Gasteiger partial charge in [-0.1, -0.05) is 59.6 Å². The summed E-state index contributed by atoms with van der Waals surface area (Å²) in [6, 6.07) is 14.9. The number of halogens is 2. The molecule has 1 amide bonds. The van der Waals surface area contributed by atoms with Crippen LogP contribution < -0.4 is 5.32 Å². The van der Waals surface area contributed by atoms with Crippen LogP contribution in [0.25, 0.3) is 0 Å². The minimum atomic E-state index is -0.322. The zero-order valence-corrected chi connectivity index (χ0v) is 13.6. The first-order valence-electron chi connectivity index (χ1n) is 6.95. The van der Waals surface area contributed by atoms with E-state index in [0.717, 1.165) is 5.56 Å². The van der Waals surface area contributed by atoms with Crippen LogP contribution in [0.5, 0.6) is 0 Å². The molecule has 0 aliphatic heterocycles.